The number of ether oxygens (including phenoxy) is 1. The largest absolute Gasteiger partial charge is 0.488 e. The third-order valence-corrected chi connectivity index (χ3v) is 3.78. The lowest BCUT2D eigenvalue weighted by molar-refractivity contribution is 0.287. The van der Waals surface area contributed by atoms with Crippen molar-refractivity contribution in [2.45, 2.75) is 6.61 Å². The van der Waals surface area contributed by atoms with Gasteiger partial charge in [-0.1, -0.05) is 66.7 Å². The van der Waals surface area contributed by atoms with E-state index >= 15 is 0 Å². The highest BCUT2D eigenvalue weighted by molar-refractivity contribution is 5.94. The molecular weight excluding hydrogens is 244 g/mol. The number of hydrogen-bond donors (Lipinski definition) is 0. The SMILES string of the molecule is C(=C1\OCc2ccccc21)/c1cccc2ccccc12. The Bertz CT molecular complexity index is 809. The number of fused-ring (bicyclic) bond motifs is 2. The zero-order chi connectivity index (χ0) is 13.4. The van der Waals surface area contributed by atoms with Gasteiger partial charge in [0.15, 0.2) is 0 Å². The summed E-state index contributed by atoms with van der Waals surface area (Å²) in [5.41, 5.74) is 3.68. The number of benzene rings is 3. The van der Waals surface area contributed by atoms with Gasteiger partial charge in [0.2, 0.25) is 0 Å². The maximum atomic E-state index is 5.84. The lowest BCUT2D eigenvalue weighted by Crippen LogP contribution is -1.82. The van der Waals surface area contributed by atoms with Crippen LogP contribution in [0.1, 0.15) is 16.7 Å². The summed E-state index contributed by atoms with van der Waals surface area (Å²) in [6, 6.07) is 23.2. The van der Waals surface area contributed by atoms with Gasteiger partial charge in [-0.3, -0.25) is 0 Å². The average molecular weight is 258 g/mol. The maximum Gasteiger partial charge on any atom is 0.128 e. The van der Waals surface area contributed by atoms with Crippen LogP contribution >= 0.6 is 0 Å². The maximum absolute atomic E-state index is 5.84. The van der Waals surface area contributed by atoms with Crippen molar-refractivity contribution in [2.75, 3.05) is 0 Å². The van der Waals surface area contributed by atoms with Crippen LogP contribution in [0.5, 0.6) is 0 Å². The van der Waals surface area contributed by atoms with Crippen molar-refractivity contribution in [1.29, 1.82) is 0 Å². The van der Waals surface area contributed by atoms with Crippen LogP contribution in [0, 0.1) is 0 Å². The van der Waals surface area contributed by atoms with E-state index in [-0.39, 0.29) is 0 Å². The molecule has 20 heavy (non-hydrogen) atoms. The van der Waals surface area contributed by atoms with Crippen LogP contribution in [-0.4, -0.2) is 0 Å². The predicted molar refractivity (Wildman–Crippen MR) is 83.1 cm³/mol. The zero-order valence-corrected chi connectivity index (χ0v) is 11.0. The van der Waals surface area contributed by atoms with Gasteiger partial charge in [-0.05, 0) is 22.4 Å². The Morgan fingerprint density at radius 3 is 2.60 bits per heavy atom. The van der Waals surface area contributed by atoms with Crippen LogP contribution in [0.15, 0.2) is 66.7 Å². The van der Waals surface area contributed by atoms with Crippen molar-refractivity contribution in [3.8, 4) is 0 Å². The van der Waals surface area contributed by atoms with E-state index in [1.165, 1.54) is 27.5 Å². The van der Waals surface area contributed by atoms with Gasteiger partial charge in [-0.2, -0.15) is 0 Å². The minimum absolute atomic E-state index is 0.673. The van der Waals surface area contributed by atoms with Crippen LogP contribution in [-0.2, 0) is 11.3 Å². The fourth-order valence-electron chi connectivity index (χ4n) is 2.76. The van der Waals surface area contributed by atoms with Crippen molar-refractivity contribution < 1.29 is 4.74 Å². The Morgan fingerprint density at radius 1 is 0.800 bits per heavy atom. The van der Waals surface area contributed by atoms with Crippen molar-refractivity contribution in [2.24, 2.45) is 0 Å². The molecule has 0 radical (unpaired) electrons. The summed E-state index contributed by atoms with van der Waals surface area (Å²) in [7, 11) is 0. The third-order valence-electron chi connectivity index (χ3n) is 3.78. The van der Waals surface area contributed by atoms with Crippen molar-refractivity contribution in [1.82, 2.24) is 0 Å². The van der Waals surface area contributed by atoms with Crippen LogP contribution < -0.4 is 0 Å². The van der Waals surface area contributed by atoms with Gasteiger partial charge in [0.1, 0.15) is 12.4 Å². The number of rotatable bonds is 1. The van der Waals surface area contributed by atoms with E-state index < -0.39 is 0 Å². The Balaban J connectivity index is 1.88. The second-order valence-electron chi connectivity index (χ2n) is 5.02. The lowest BCUT2D eigenvalue weighted by atomic mass is 10.0. The first-order valence-electron chi connectivity index (χ1n) is 6.82. The van der Waals surface area contributed by atoms with E-state index in [0.717, 1.165) is 5.76 Å². The molecule has 1 aliphatic rings. The Morgan fingerprint density at radius 2 is 1.60 bits per heavy atom. The molecule has 0 aromatic heterocycles. The first-order valence-corrected chi connectivity index (χ1v) is 6.82. The van der Waals surface area contributed by atoms with Crippen LogP contribution in [0.4, 0.5) is 0 Å². The van der Waals surface area contributed by atoms with Gasteiger partial charge < -0.3 is 4.74 Å². The minimum atomic E-state index is 0.673. The monoisotopic (exact) mass is 258 g/mol. The highest BCUT2D eigenvalue weighted by Crippen LogP contribution is 2.32. The van der Waals surface area contributed by atoms with Gasteiger partial charge in [-0.15, -0.1) is 0 Å². The van der Waals surface area contributed by atoms with Gasteiger partial charge in [0, 0.05) is 11.1 Å². The summed E-state index contributed by atoms with van der Waals surface area (Å²) < 4.78 is 5.84. The standard InChI is InChI=1S/C19H14O/c1-3-10-17-14(6-1)8-5-9-15(17)12-19-18-11-4-2-7-16(18)13-20-19/h1-12H,13H2/b19-12+. The van der Waals surface area contributed by atoms with Crippen LogP contribution in [0.25, 0.3) is 22.6 Å². The number of hydrogen-bond acceptors (Lipinski definition) is 1. The highest BCUT2D eigenvalue weighted by atomic mass is 16.5. The summed E-state index contributed by atoms with van der Waals surface area (Å²) >= 11 is 0. The first kappa shape index (κ1) is 11.3. The van der Waals surface area contributed by atoms with Crippen molar-refractivity contribution in [3.05, 3.63) is 83.4 Å². The average Bonchev–Trinajstić information content (AvgIpc) is 2.91. The molecule has 1 nitrogen and oxygen atoms in total. The summed E-state index contributed by atoms with van der Waals surface area (Å²) in [5.74, 6) is 0.969. The van der Waals surface area contributed by atoms with Crippen LogP contribution in [0.3, 0.4) is 0 Å². The van der Waals surface area contributed by atoms with Gasteiger partial charge in [0.05, 0.1) is 0 Å². The Hall–Kier alpha value is -2.54. The molecule has 0 saturated carbocycles. The molecule has 0 unspecified atom stereocenters. The second kappa shape index (κ2) is 4.53. The molecule has 0 saturated heterocycles. The summed E-state index contributed by atoms with van der Waals surface area (Å²) in [6.07, 6.45) is 2.15. The second-order valence-corrected chi connectivity index (χ2v) is 5.02. The Kier molecular flexibility index (Phi) is 2.56. The third kappa shape index (κ3) is 1.79. The van der Waals surface area contributed by atoms with Crippen molar-refractivity contribution >= 4 is 22.6 Å². The molecule has 0 bridgehead atoms. The highest BCUT2D eigenvalue weighted by Gasteiger charge is 2.16. The Labute approximate surface area is 118 Å². The molecule has 4 rings (SSSR count). The van der Waals surface area contributed by atoms with E-state index in [0.29, 0.717) is 6.61 Å². The van der Waals surface area contributed by atoms with Crippen molar-refractivity contribution in [3.63, 3.8) is 0 Å². The molecule has 1 heterocycles. The molecule has 96 valence electrons. The van der Waals surface area contributed by atoms with Gasteiger partial charge >= 0.3 is 0 Å². The molecule has 1 aliphatic heterocycles. The predicted octanol–water partition coefficient (Wildman–Crippen LogP) is 4.87. The fraction of sp³-hybridized carbons (Fsp3) is 0.0526. The molecule has 3 aromatic carbocycles. The smallest absolute Gasteiger partial charge is 0.128 e. The van der Waals surface area contributed by atoms with E-state index in [2.05, 4.69) is 72.8 Å². The summed E-state index contributed by atoms with van der Waals surface area (Å²) in [6.45, 7) is 0.673. The molecule has 0 fully saturated rings. The van der Waals surface area contributed by atoms with Crippen LogP contribution in [0.2, 0.25) is 0 Å². The van der Waals surface area contributed by atoms with E-state index in [4.69, 9.17) is 4.74 Å². The normalized spacial score (nSPS) is 15.3. The molecule has 3 aromatic rings. The first-order chi connectivity index (χ1) is 9.92. The fourth-order valence-corrected chi connectivity index (χ4v) is 2.76. The molecule has 0 atom stereocenters. The minimum Gasteiger partial charge on any atom is -0.488 e. The van der Waals surface area contributed by atoms with E-state index in [1.54, 1.807) is 0 Å². The molecule has 0 amide bonds. The summed E-state index contributed by atoms with van der Waals surface area (Å²) in [5, 5.41) is 2.52. The van der Waals surface area contributed by atoms with E-state index in [9.17, 15) is 0 Å². The van der Waals surface area contributed by atoms with E-state index in [1.807, 2.05) is 0 Å². The molecule has 0 aliphatic carbocycles. The molecule has 0 N–H and O–H groups in total. The molecular formula is C19H14O. The summed E-state index contributed by atoms with van der Waals surface area (Å²) in [4.78, 5) is 0. The topological polar surface area (TPSA) is 9.23 Å². The van der Waals surface area contributed by atoms with Gasteiger partial charge in [0.25, 0.3) is 0 Å². The molecule has 0 spiro atoms. The van der Waals surface area contributed by atoms with Gasteiger partial charge in [-0.25, -0.2) is 0 Å². The quantitative estimate of drug-likeness (QED) is 0.605. The lowest BCUT2D eigenvalue weighted by Gasteiger charge is -2.04. The zero-order valence-electron chi connectivity index (χ0n) is 11.0. The molecule has 1 heteroatoms.